The third kappa shape index (κ3) is 5.37. The molecule has 1 atom stereocenters. The van der Waals surface area contributed by atoms with Gasteiger partial charge in [0, 0.05) is 22.4 Å². The molecule has 2 heterocycles. The van der Waals surface area contributed by atoms with Gasteiger partial charge in [0.15, 0.2) is 0 Å². The van der Waals surface area contributed by atoms with Crippen molar-refractivity contribution in [2.75, 3.05) is 24.6 Å². The van der Waals surface area contributed by atoms with E-state index in [2.05, 4.69) is 6.07 Å². The number of halogens is 2. The van der Waals surface area contributed by atoms with Crippen LogP contribution in [0, 0.1) is 11.3 Å². The van der Waals surface area contributed by atoms with Crippen LogP contribution < -0.4 is 14.4 Å². The Kier molecular flexibility index (Phi) is 7.52. The number of fused-ring (bicyclic) bond motifs is 1. The number of benzene rings is 3. The van der Waals surface area contributed by atoms with Crippen molar-refractivity contribution in [1.82, 2.24) is 4.90 Å². The molecule has 1 fully saturated rings. The molecule has 2 aliphatic rings. The topological polar surface area (TPSA) is 65.8 Å². The Bertz CT molecular complexity index is 1390. The van der Waals surface area contributed by atoms with E-state index in [-0.39, 0.29) is 18.2 Å². The van der Waals surface area contributed by atoms with Crippen molar-refractivity contribution in [2.45, 2.75) is 18.9 Å². The van der Waals surface area contributed by atoms with E-state index in [0.29, 0.717) is 51.3 Å². The molecular weight excluding hydrogens is 529 g/mol. The Hall–Kier alpha value is -3.31. The second-order valence-electron chi connectivity index (χ2n) is 8.66. The van der Waals surface area contributed by atoms with Crippen LogP contribution >= 0.6 is 35.0 Å². The number of anilines is 1. The van der Waals surface area contributed by atoms with Crippen LogP contribution in [-0.2, 0) is 11.4 Å². The van der Waals surface area contributed by atoms with Crippen molar-refractivity contribution in [3.05, 3.63) is 98.5 Å². The predicted molar refractivity (Wildman–Crippen MR) is 147 cm³/mol. The third-order valence-corrected chi connectivity index (χ3v) is 8.02. The van der Waals surface area contributed by atoms with Crippen LogP contribution in [0.25, 0.3) is 0 Å². The summed E-state index contributed by atoms with van der Waals surface area (Å²) < 4.78 is 11.4. The maximum Gasteiger partial charge on any atom is 0.229 e. The zero-order valence-corrected chi connectivity index (χ0v) is 22.3. The van der Waals surface area contributed by atoms with Crippen LogP contribution in [0.1, 0.15) is 23.5 Å². The predicted octanol–water partition coefficient (Wildman–Crippen LogP) is 6.80. The van der Waals surface area contributed by atoms with Gasteiger partial charge in [0.05, 0.1) is 42.0 Å². The first-order chi connectivity index (χ1) is 18.0. The highest BCUT2D eigenvalue weighted by Crippen LogP contribution is 2.44. The van der Waals surface area contributed by atoms with Crippen molar-refractivity contribution >= 4 is 46.6 Å². The summed E-state index contributed by atoms with van der Waals surface area (Å²) in [4.78, 5) is 17.0. The Labute approximate surface area is 230 Å². The average Bonchev–Trinajstić information content (AvgIpc) is 2.93. The molecule has 0 radical (unpaired) electrons. The molecule has 3 aromatic rings. The molecule has 9 heteroatoms. The molecule has 0 aromatic heterocycles. The number of allylic oxidation sites excluding steroid dienone is 1. The number of thioether (sulfide) groups is 1. The van der Waals surface area contributed by atoms with Crippen LogP contribution in [0.3, 0.4) is 0 Å². The summed E-state index contributed by atoms with van der Waals surface area (Å²) in [5, 5.41) is 12.1. The number of hydrogen-bond acceptors (Lipinski definition) is 6. The quantitative estimate of drug-likeness (QED) is 0.335. The molecule has 2 aliphatic heterocycles. The zero-order valence-electron chi connectivity index (χ0n) is 20.0. The van der Waals surface area contributed by atoms with E-state index >= 15 is 0 Å². The summed E-state index contributed by atoms with van der Waals surface area (Å²) in [5.74, 6) is 1.63. The Morgan fingerprint density at radius 1 is 1.05 bits per heavy atom. The van der Waals surface area contributed by atoms with Gasteiger partial charge in [0.1, 0.15) is 18.1 Å². The molecule has 0 aliphatic carbocycles. The Morgan fingerprint density at radius 3 is 2.49 bits per heavy atom. The highest BCUT2D eigenvalue weighted by Gasteiger charge is 2.38. The minimum Gasteiger partial charge on any atom is -0.495 e. The van der Waals surface area contributed by atoms with Crippen LogP contribution in [-0.4, -0.2) is 30.5 Å². The van der Waals surface area contributed by atoms with Gasteiger partial charge in [-0.2, -0.15) is 5.26 Å². The Morgan fingerprint density at radius 2 is 1.78 bits per heavy atom. The number of nitriles is 1. The number of hydrogen-bond donors (Lipinski definition) is 0. The number of methoxy groups -OCH3 is 1. The van der Waals surface area contributed by atoms with Crippen molar-refractivity contribution in [1.29, 1.82) is 5.26 Å². The fourth-order valence-electron chi connectivity index (χ4n) is 4.45. The second kappa shape index (κ2) is 11.0. The lowest BCUT2D eigenvalue weighted by atomic mass is 9.86. The number of amides is 1. The summed E-state index contributed by atoms with van der Waals surface area (Å²) in [7, 11) is 1.60. The maximum atomic E-state index is 13.3. The van der Waals surface area contributed by atoms with E-state index < -0.39 is 0 Å². The molecule has 3 aromatic carbocycles. The molecule has 0 spiro atoms. The summed E-state index contributed by atoms with van der Waals surface area (Å²) in [6.07, 6.45) is 0.221. The number of rotatable bonds is 6. The molecule has 0 bridgehead atoms. The number of nitrogens with zero attached hydrogens (tertiary/aromatic N) is 3. The number of carbonyl (C=O) groups excluding carboxylic acids is 1. The Balaban J connectivity index is 1.33. The largest absolute Gasteiger partial charge is 0.495 e. The SMILES string of the molecule is COc1ccc(Cl)cc1N1CSC2=C(C#N)[C@H](c3ccc(OCc4ccc(Cl)cc4)cc3)CC(=O)N2C1. The van der Waals surface area contributed by atoms with Crippen LogP contribution in [0.5, 0.6) is 11.5 Å². The van der Waals surface area contributed by atoms with Crippen LogP contribution in [0.2, 0.25) is 10.0 Å². The molecule has 0 N–H and O–H groups in total. The van der Waals surface area contributed by atoms with Crippen molar-refractivity contribution in [3.8, 4) is 17.6 Å². The third-order valence-electron chi connectivity index (χ3n) is 6.38. The molecule has 5 rings (SSSR count). The highest BCUT2D eigenvalue weighted by atomic mass is 35.5. The lowest BCUT2D eigenvalue weighted by Gasteiger charge is -2.42. The maximum absolute atomic E-state index is 13.3. The van der Waals surface area contributed by atoms with Gasteiger partial charge in [0.25, 0.3) is 0 Å². The van der Waals surface area contributed by atoms with Crippen molar-refractivity contribution in [3.63, 3.8) is 0 Å². The van der Waals surface area contributed by atoms with E-state index in [9.17, 15) is 10.1 Å². The van der Waals surface area contributed by atoms with E-state index in [1.807, 2.05) is 65.6 Å². The number of carbonyl (C=O) groups is 1. The van der Waals surface area contributed by atoms with Gasteiger partial charge in [-0.15, -0.1) is 0 Å². The number of ether oxygens (including phenoxy) is 2. The second-order valence-corrected chi connectivity index (χ2v) is 10.5. The molecular formula is C28H23Cl2N3O3S. The van der Waals surface area contributed by atoms with Gasteiger partial charge in [-0.25, -0.2) is 0 Å². The summed E-state index contributed by atoms with van der Waals surface area (Å²) in [6, 6.07) is 22.9. The minimum atomic E-state index is -0.297. The minimum absolute atomic E-state index is 0.0275. The highest BCUT2D eigenvalue weighted by molar-refractivity contribution is 8.03. The van der Waals surface area contributed by atoms with E-state index in [1.54, 1.807) is 18.1 Å². The van der Waals surface area contributed by atoms with Gasteiger partial charge < -0.3 is 14.4 Å². The zero-order chi connectivity index (χ0) is 25.9. The normalized spacial score (nSPS) is 17.4. The van der Waals surface area contributed by atoms with E-state index in [4.69, 9.17) is 32.7 Å². The van der Waals surface area contributed by atoms with Gasteiger partial charge >= 0.3 is 0 Å². The van der Waals surface area contributed by atoms with E-state index in [1.165, 1.54) is 11.8 Å². The first kappa shape index (κ1) is 25.3. The molecule has 0 saturated carbocycles. The first-order valence-electron chi connectivity index (χ1n) is 11.6. The summed E-state index contributed by atoms with van der Waals surface area (Å²) in [5.41, 5.74) is 3.35. The lowest BCUT2D eigenvalue weighted by molar-refractivity contribution is -0.129. The van der Waals surface area contributed by atoms with Gasteiger partial charge in [-0.05, 0) is 53.6 Å². The monoisotopic (exact) mass is 551 g/mol. The molecule has 0 unspecified atom stereocenters. The molecule has 6 nitrogen and oxygen atoms in total. The molecule has 188 valence electrons. The van der Waals surface area contributed by atoms with E-state index in [0.717, 1.165) is 16.8 Å². The fraction of sp³-hybridized carbons (Fsp3) is 0.214. The lowest BCUT2D eigenvalue weighted by Crippen LogP contribution is -2.47. The molecule has 1 amide bonds. The fourth-order valence-corrected chi connectivity index (χ4v) is 5.90. The van der Waals surface area contributed by atoms with Crippen molar-refractivity contribution in [2.24, 2.45) is 0 Å². The van der Waals surface area contributed by atoms with Gasteiger partial charge in [-0.3, -0.25) is 9.69 Å². The summed E-state index contributed by atoms with van der Waals surface area (Å²) >= 11 is 13.6. The van der Waals surface area contributed by atoms with Crippen molar-refractivity contribution < 1.29 is 14.3 Å². The smallest absolute Gasteiger partial charge is 0.229 e. The first-order valence-corrected chi connectivity index (χ1v) is 13.3. The van der Waals surface area contributed by atoms with Gasteiger partial charge in [0.2, 0.25) is 5.91 Å². The standard InChI is InChI=1S/C28H23Cl2N3O3S/c1-35-26-11-8-21(30)12-25(26)32-16-33-27(34)13-23(24(14-31)28(33)37-17-32)19-4-9-22(10-5-19)36-15-18-2-6-20(29)7-3-18/h2-12,23H,13,15-17H2,1H3/t23-/m0/s1. The molecule has 1 saturated heterocycles. The molecule has 37 heavy (non-hydrogen) atoms. The summed E-state index contributed by atoms with van der Waals surface area (Å²) in [6.45, 7) is 0.749. The van der Waals surface area contributed by atoms with Gasteiger partial charge in [-0.1, -0.05) is 59.2 Å². The average molecular weight is 552 g/mol. The van der Waals surface area contributed by atoms with Crippen LogP contribution in [0.4, 0.5) is 5.69 Å². The van der Waals surface area contributed by atoms with Crippen LogP contribution in [0.15, 0.2) is 77.3 Å².